The second-order valence-electron chi connectivity index (χ2n) is 6.24. The third-order valence-corrected chi connectivity index (χ3v) is 3.67. The topological polar surface area (TPSA) is 64.3 Å². The van der Waals surface area contributed by atoms with Crippen LogP contribution in [-0.4, -0.2) is 30.7 Å². The molecule has 1 rings (SSSR count). The molecule has 5 heteroatoms. The molecule has 4 nitrogen and oxygen atoms in total. The number of hydrogen-bond acceptors (Lipinski definition) is 3. The number of halogens is 1. The van der Waals surface area contributed by atoms with Crippen LogP contribution in [0.25, 0.3) is 0 Å². The van der Waals surface area contributed by atoms with Crippen LogP contribution in [0.1, 0.15) is 59.3 Å². The minimum Gasteiger partial charge on any atom is -0.378 e. The van der Waals surface area contributed by atoms with Crippen molar-refractivity contribution in [3.8, 4) is 0 Å². The molecule has 3 N–H and O–H groups in total. The Kier molecular flexibility index (Phi) is 10.2. The molecule has 0 bridgehead atoms. The number of carbonyl (C=O) groups is 1. The van der Waals surface area contributed by atoms with E-state index in [4.69, 9.17) is 10.5 Å². The quantitative estimate of drug-likeness (QED) is 0.760. The highest BCUT2D eigenvalue weighted by Crippen LogP contribution is 2.17. The van der Waals surface area contributed by atoms with Gasteiger partial charge in [0.15, 0.2) is 0 Å². The minimum atomic E-state index is 0. The van der Waals surface area contributed by atoms with Crippen LogP contribution in [0.3, 0.4) is 0 Å². The smallest absolute Gasteiger partial charge is 0.222 e. The zero-order valence-electron chi connectivity index (χ0n) is 13.1. The largest absolute Gasteiger partial charge is 0.378 e. The average molecular weight is 307 g/mol. The van der Waals surface area contributed by atoms with E-state index in [2.05, 4.69) is 26.1 Å². The number of hydrogen-bond donors (Lipinski definition) is 2. The molecule has 1 amide bonds. The maximum absolute atomic E-state index is 11.8. The van der Waals surface area contributed by atoms with Gasteiger partial charge in [0.25, 0.3) is 0 Å². The Morgan fingerprint density at radius 1 is 1.25 bits per heavy atom. The number of rotatable bonds is 7. The summed E-state index contributed by atoms with van der Waals surface area (Å²) in [7, 11) is 0. The van der Waals surface area contributed by atoms with Crippen LogP contribution in [0.4, 0.5) is 0 Å². The maximum atomic E-state index is 11.8. The molecule has 0 heterocycles. The molecule has 0 aromatic rings. The summed E-state index contributed by atoms with van der Waals surface area (Å²) >= 11 is 0. The Morgan fingerprint density at radius 2 is 1.85 bits per heavy atom. The van der Waals surface area contributed by atoms with E-state index >= 15 is 0 Å². The summed E-state index contributed by atoms with van der Waals surface area (Å²) in [5.74, 6) is 0.743. The Morgan fingerprint density at radius 3 is 2.40 bits per heavy atom. The molecule has 1 aliphatic carbocycles. The lowest BCUT2D eigenvalue weighted by Gasteiger charge is -2.26. The van der Waals surface area contributed by atoms with Crippen LogP contribution in [0.15, 0.2) is 0 Å². The molecular weight excluding hydrogens is 276 g/mol. The van der Waals surface area contributed by atoms with Crippen molar-refractivity contribution in [2.75, 3.05) is 6.61 Å². The summed E-state index contributed by atoms with van der Waals surface area (Å²) < 4.78 is 5.65. The standard InChI is InChI=1S/C15H30N2O2.ClH/c1-11(2)10-12(3)19-9-8-15(18)17-14-6-4-13(16)5-7-14;/h11-14H,4-10,16H2,1-3H3,(H,17,18);1H. The summed E-state index contributed by atoms with van der Waals surface area (Å²) in [6, 6.07) is 0.647. The number of carbonyl (C=O) groups excluding carboxylic acids is 1. The number of nitrogens with two attached hydrogens (primary N) is 1. The van der Waals surface area contributed by atoms with E-state index in [1.807, 2.05) is 0 Å². The second-order valence-corrected chi connectivity index (χ2v) is 6.24. The van der Waals surface area contributed by atoms with Gasteiger partial charge in [0.05, 0.1) is 12.7 Å². The van der Waals surface area contributed by atoms with Crippen molar-refractivity contribution in [3.63, 3.8) is 0 Å². The number of ether oxygens (including phenoxy) is 1. The van der Waals surface area contributed by atoms with Crippen molar-refractivity contribution in [2.45, 2.75) is 77.5 Å². The molecule has 1 saturated carbocycles. The molecule has 120 valence electrons. The first-order chi connectivity index (χ1) is 8.97. The van der Waals surface area contributed by atoms with Gasteiger partial charge in [-0.2, -0.15) is 0 Å². The molecule has 1 unspecified atom stereocenters. The van der Waals surface area contributed by atoms with E-state index in [1.54, 1.807) is 0 Å². The Balaban J connectivity index is 0.00000361. The zero-order valence-corrected chi connectivity index (χ0v) is 13.9. The predicted molar refractivity (Wildman–Crippen MR) is 85.1 cm³/mol. The van der Waals surface area contributed by atoms with Crippen molar-refractivity contribution in [3.05, 3.63) is 0 Å². The van der Waals surface area contributed by atoms with Gasteiger partial charge in [-0.15, -0.1) is 12.4 Å². The molecular formula is C15H31ClN2O2. The van der Waals surface area contributed by atoms with Crippen molar-refractivity contribution in [1.82, 2.24) is 5.32 Å². The Labute approximate surface area is 129 Å². The van der Waals surface area contributed by atoms with Crippen molar-refractivity contribution in [1.29, 1.82) is 0 Å². The molecule has 0 radical (unpaired) electrons. The second kappa shape index (κ2) is 10.4. The normalized spacial score (nSPS) is 24.1. The molecule has 0 aliphatic heterocycles. The van der Waals surface area contributed by atoms with Gasteiger partial charge in [-0.05, 0) is 44.9 Å². The van der Waals surface area contributed by atoms with Gasteiger partial charge in [0, 0.05) is 18.5 Å². The summed E-state index contributed by atoms with van der Waals surface area (Å²) in [5.41, 5.74) is 5.85. The van der Waals surface area contributed by atoms with Gasteiger partial charge in [-0.1, -0.05) is 13.8 Å². The third-order valence-electron chi connectivity index (χ3n) is 3.67. The average Bonchev–Trinajstić information content (AvgIpc) is 2.31. The molecule has 1 aliphatic rings. The lowest BCUT2D eigenvalue weighted by Crippen LogP contribution is -2.40. The van der Waals surface area contributed by atoms with Gasteiger partial charge in [-0.25, -0.2) is 0 Å². The van der Waals surface area contributed by atoms with Crippen molar-refractivity contribution < 1.29 is 9.53 Å². The monoisotopic (exact) mass is 306 g/mol. The molecule has 1 fully saturated rings. The number of amides is 1. The molecule has 0 aromatic heterocycles. The molecule has 0 aromatic carbocycles. The van der Waals surface area contributed by atoms with Crippen LogP contribution >= 0.6 is 12.4 Å². The zero-order chi connectivity index (χ0) is 14.3. The first-order valence-corrected chi connectivity index (χ1v) is 7.64. The van der Waals surface area contributed by atoms with Crippen LogP contribution in [0.2, 0.25) is 0 Å². The van der Waals surface area contributed by atoms with E-state index in [-0.39, 0.29) is 24.4 Å². The van der Waals surface area contributed by atoms with E-state index in [1.165, 1.54) is 0 Å². The van der Waals surface area contributed by atoms with Gasteiger partial charge < -0.3 is 15.8 Å². The minimum absolute atomic E-state index is 0. The molecule has 20 heavy (non-hydrogen) atoms. The predicted octanol–water partition coefficient (Wildman–Crippen LogP) is 2.64. The van der Waals surface area contributed by atoms with Gasteiger partial charge in [-0.3, -0.25) is 4.79 Å². The fraction of sp³-hybridized carbons (Fsp3) is 0.933. The van der Waals surface area contributed by atoms with Gasteiger partial charge in [0.1, 0.15) is 0 Å². The van der Waals surface area contributed by atoms with Gasteiger partial charge >= 0.3 is 0 Å². The van der Waals surface area contributed by atoms with Crippen LogP contribution < -0.4 is 11.1 Å². The van der Waals surface area contributed by atoms with Crippen LogP contribution in [0, 0.1) is 5.92 Å². The van der Waals surface area contributed by atoms with E-state index < -0.39 is 0 Å². The highest BCUT2D eigenvalue weighted by Gasteiger charge is 2.19. The fourth-order valence-electron chi connectivity index (χ4n) is 2.65. The lowest BCUT2D eigenvalue weighted by atomic mass is 9.92. The summed E-state index contributed by atoms with van der Waals surface area (Å²) in [5, 5.41) is 3.08. The first-order valence-electron chi connectivity index (χ1n) is 7.64. The highest BCUT2D eigenvalue weighted by atomic mass is 35.5. The van der Waals surface area contributed by atoms with Crippen LogP contribution in [0.5, 0.6) is 0 Å². The van der Waals surface area contributed by atoms with Gasteiger partial charge in [0.2, 0.25) is 5.91 Å². The fourth-order valence-corrected chi connectivity index (χ4v) is 2.65. The Hall–Kier alpha value is -0.320. The highest BCUT2D eigenvalue weighted by molar-refractivity contribution is 5.85. The maximum Gasteiger partial charge on any atom is 0.222 e. The van der Waals surface area contributed by atoms with E-state index in [0.29, 0.717) is 31.0 Å². The summed E-state index contributed by atoms with van der Waals surface area (Å²) in [6.07, 6.45) is 5.81. The number of nitrogens with one attached hydrogen (secondary N) is 1. The molecule has 0 spiro atoms. The van der Waals surface area contributed by atoms with E-state index in [0.717, 1.165) is 32.1 Å². The molecule has 0 saturated heterocycles. The van der Waals surface area contributed by atoms with E-state index in [9.17, 15) is 4.79 Å². The van der Waals surface area contributed by atoms with Crippen molar-refractivity contribution >= 4 is 18.3 Å². The van der Waals surface area contributed by atoms with Crippen LogP contribution in [-0.2, 0) is 9.53 Å². The Bertz CT molecular complexity index is 267. The summed E-state index contributed by atoms with van der Waals surface area (Å²) in [4.78, 5) is 11.8. The van der Waals surface area contributed by atoms with Crippen molar-refractivity contribution in [2.24, 2.45) is 11.7 Å². The third kappa shape index (κ3) is 8.77. The lowest BCUT2D eigenvalue weighted by molar-refractivity contribution is -0.123. The SMILES string of the molecule is CC(C)CC(C)OCCC(=O)NC1CCC(N)CC1.Cl. The summed E-state index contributed by atoms with van der Waals surface area (Å²) in [6.45, 7) is 6.95. The molecule has 1 atom stereocenters. The first kappa shape index (κ1) is 19.7.